The van der Waals surface area contributed by atoms with Gasteiger partial charge in [0.25, 0.3) is 0 Å². The van der Waals surface area contributed by atoms with Gasteiger partial charge in [0.15, 0.2) is 0 Å². The lowest BCUT2D eigenvalue weighted by atomic mass is 9.92. The van der Waals surface area contributed by atoms with E-state index in [1.54, 1.807) is 0 Å². The van der Waals surface area contributed by atoms with E-state index in [0.717, 1.165) is 24.8 Å². The molecule has 20 heavy (non-hydrogen) atoms. The van der Waals surface area contributed by atoms with Gasteiger partial charge in [-0.1, -0.05) is 42.5 Å². The molecule has 2 aliphatic rings. The molecule has 0 saturated carbocycles. The zero-order valence-corrected chi connectivity index (χ0v) is 11.7. The second-order valence-corrected chi connectivity index (χ2v) is 5.89. The van der Waals surface area contributed by atoms with Crippen LogP contribution in [0.2, 0.25) is 0 Å². The summed E-state index contributed by atoms with van der Waals surface area (Å²) in [5, 5.41) is 10.8. The molecule has 0 aromatic heterocycles. The molecule has 0 bridgehead atoms. The first-order valence-electron chi connectivity index (χ1n) is 7.41. The zero-order valence-electron chi connectivity index (χ0n) is 11.7. The molecular formula is C17H21NO2. The molecule has 1 saturated heterocycles. The van der Waals surface area contributed by atoms with E-state index in [1.165, 1.54) is 0 Å². The number of rotatable bonds is 2. The molecule has 106 valence electrons. The smallest absolute Gasteiger partial charge is 0.226 e. The molecule has 0 radical (unpaired) electrons. The first kappa shape index (κ1) is 13.4. The fourth-order valence-corrected chi connectivity index (χ4v) is 3.24. The third kappa shape index (κ3) is 2.50. The standard InChI is InChI=1S/C17H21NO2/c19-16(14-7-3-1-4-8-14)18-12-11-17(20,13-18)15-9-5-2-6-10-15/h1-3,5-6,9-10,14,20H,4,7-8,11-13H2/t14-,17+/m1/s1. The molecule has 0 unspecified atom stereocenters. The third-order valence-electron chi connectivity index (χ3n) is 4.49. The average molecular weight is 271 g/mol. The molecule has 3 rings (SSSR count). The van der Waals surface area contributed by atoms with Crippen molar-refractivity contribution in [1.29, 1.82) is 0 Å². The number of β-amino-alcohol motifs (C(OH)–C–C–N with tert-alkyl or cyclic N) is 1. The highest BCUT2D eigenvalue weighted by molar-refractivity contribution is 5.79. The summed E-state index contributed by atoms with van der Waals surface area (Å²) in [4.78, 5) is 14.3. The molecule has 1 heterocycles. The van der Waals surface area contributed by atoms with E-state index in [-0.39, 0.29) is 11.8 Å². The third-order valence-corrected chi connectivity index (χ3v) is 4.49. The summed E-state index contributed by atoms with van der Waals surface area (Å²) in [6, 6.07) is 9.70. The number of aliphatic hydroxyl groups is 1. The van der Waals surface area contributed by atoms with Gasteiger partial charge < -0.3 is 10.0 Å². The Morgan fingerprint density at radius 2 is 2.05 bits per heavy atom. The highest BCUT2D eigenvalue weighted by Gasteiger charge is 2.40. The minimum Gasteiger partial charge on any atom is -0.383 e. The van der Waals surface area contributed by atoms with Crippen LogP contribution in [0.3, 0.4) is 0 Å². The van der Waals surface area contributed by atoms with Crippen LogP contribution in [0.15, 0.2) is 42.5 Å². The highest BCUT2D eigenvalue weighted by atomic mass is 16.3. The number of likely N-dealkylation sites (tertiary alicyclic amines) is 1. The highest BCUT2D eigenvalue weighted by Crippen LogP contribution is 2.33. The maximum atomic E-state index is 12.5. The molecule has 1 aromatic carbocycles. The summed E-state index contributed by atoms with van der Waals surface area (Å²) in [7, 11) is 0. The maximum Gasteiger partial charge on any atom is 0.226 e. The number of carbonyl (C=O) groups excluding carboxylic acids is 1. The number of hydrogen-bond donors (Lipinski definition) is 1. The van der Waals surface area contributed by atoms with Gasteiger partial charge in [-0.25, -0.2) is 0 Å². The Kier molecular flexibility index (Phi) is 3.62. The average Bonchev–Trinajstić information content (AvgIpc) is 2.92. The van der Waals surface area contributed by atoms with Crippen molar-refractivity contribution in [3.8, 4) is 0 Å². The summed E-state index contributed by atoms with van der Waals surface area (Å²) in [6.45, 7) is 1.08. The molecule has 1 aliphatic heterocycles. The molecule has 1 N–H and O–H groups in total. The lowest BCUT2D eigenvalue weighted by Crippen LogP contribution is -2.38. The summed E-state index contributed by atoms with van der Waals surface area (Å²) in [6.07, 6.45) is 7.66. The summed E-state index contributed by atoms with van der Waals surface area (Å²) in [5.41, 5.74) is 0.0420. The molecule has 1 aromatic rings. The topological polar surface area (TPSA) is 40.5 Å². The lowest BCUT2D eigenvalue weighted by Gasteiger charge is -2.27. The van der Waals surface area contributed by atoms with Crippen LogP contribution in [-0.4, -0.2) is 29.0 Å². The first-order valence-corrected chi connectivity index (χ1v) is 7.41. The fourth-order valence-electron chi connectivity index (χ4n) is 3.24. The molecule has 1 aliphatic carbocycles. The van der Waals surface area contributed by atoms with Crippen LogP contribution in [0.5, 0.6) is 0 Å². The Balaban J connectivity index is 1.70. The summed E-state index contributed by atoms with van der Waals surface area (Å²) >= 11 is 0. The van der Waals surface area contributed by atoms with E-state index in [9.17, 15) is 9.90 Å². The fraction of sp³-hybridized carbons (Fsp3) is 0.471. The molecule has 3 heteroatoms. The van der Waals surface area contributed by atoms with E-state index in [4.69, 9.17) is 0 Å². The SMILES string of the molecule is O=C([C@@H]1CC=CCC1)N1CC[C@@](O)(c2ccccc2)C1. The Bertz CT molecular complexity index is 511. The first-order chi connectivity index (χ1) is 9.69. The summed E-state index contributed by atoms with van der Waals surface area (Å²) < 4.78 is 0. The zero-order chi connectivity index (χ0) is 14.0. The monoisotopic (exact) mass is 271 g/mol. The van der Waals surface area contributed by atoms with Crippen molar-refractivity contribution in [3.63, 3.8) is 0 Å². The van der Waals surface area contributed by atoms with Crippen LogP contribution in [0, 0.1) is 5.92 Å². The number of nitrogens with zero attached hydrogens (tertiary/aromatic N) is 1. The predicted octanol–water partition coefficient (Wildman–Crippen LogP) is 2.46. The van der Waals surface area contributed by atoms with Gasteiger partial charge in [0, 0.05) is 12.5 Å². The quantitative estimate of drug-likeness (QED) is 0.839. The minimum atomic E-state index is -0.874. The van der Waals surface area contributed by atoms with Gasteiger partial charge in [0.2, 0.25) is 5.91 Å². The second kappa shape index (κ2) is 5.41. The van der Waals surface area contributed by atoms with Crippen LogP contribution >= 0.6 is 0 Å². The van der Waals surface area contributed by atoms with Crippen molar-refractivity contribution >= 4 is 5.91 Å². The van der Waals surface area contributed by atoms with Gasteiger partial charge in [-0.3, -0.25) is 4.79 Å². The number of amides is 1. The number of hydrogen-bond acceptors (Lipinski definition) is 2. The Hall–Kier alpha value is -1.61. The van der Waals surface area contributed by atoms with E-state index >= 15 is 0 Å². The normalized spacial score (nSPS) is 29.6. The van der Waals surface area contributed by atoms with E-state index in [2.05, 4.69) is 12.2 Å². The van der Waals surface area contributed by atoms with Gasteiger partial charge in [-0.2, -0.15) is 0 Å². The Morgan fingerprint density at radius 1 is 1.25 bits per heavy atom. The van der Waals surface area contributed by atoms with Gasteiger partial charge in [-0.15, -0.1) is 0 Å². The van der Waals surface area contributed by atoms with Crippen LogP contribution in [0.25, 0.3) is 0 Å². The van der Waals surface area contributed by atoms with Gasteiger partial charge in [0.05, 0.1) is 6.54 Å². The number of benzene rings is 1. The van der Waals surface area contributed by atoms with Crippen molar-refractivity contribution < 1.29 is 9.90 Å². The molecule has 0 spiro atoms. The molecular weight excluding hydrogens is 250 g/mol. The van der Waals surface area contributed by atoms with Crippen molar-refractivity contribution in [2.75, 3.05) is 13.1 Å². The van der Waals surface area contributed by atoms with Gasteiger partial charge in [-0.05, 0) is 31.2 Å². The van der Waals surface area contributed by atoms with Crippen LogP contribution in [-0.2, 0) is 10.4 Å². The lowest BCUT2D eigenvalue weighted by molar-refractivity contribution is -0.135. The van der Waals surface area contributed by atoms with E-state index in [0.29, 0.717) is 19.5 Å². The van der Waals surface area contributed by atoms with Crippen molar-refractivity contribution in [2.45, 2.75) is 31.3 Å². The minimum absolute atomic E-state index is 0.109. The van der Waals surface area contributed by atoms with Crippen molar-refractivity contribution in [1.82, 2.24) is 4.90 Å². The largest absolute Gasteiger partial charge is 0.383 e. The number of allylic oxidation sites excluding steroid dienone is 2. The molecule has 3 nitrogen and oxygen atoms in total. The van der Waals surface area contributed by atoms with Gasteiger partial charge in [0.1, 0.15) is 5.60 Å². The molecule has 1 fully saturated rings. The van der Waals surface area contributed by atoms with E-state index in [1.807, 2.05) is 35.2 Å². The maximum absolute atomic E-state index is 12.5. The number of carbonyl (C=O) groups is 1. The molecule has 1 amide bonds. The Morgan fingerprint density at radius 3 is 2.75 bits per heavy atom. The predicted molar refractivity (Wildman–Crippen MR) is 78.0 cm³/mol. The van der Waals surface area contributed by atoms with Crippen molar-refractivity contribution in [2.24, 2.45) is 5.92 Å². The molecule has 2 atom stereocenters. The van der Waals surface area contributed by atoms with Crippen LogP contribution in [0.4, 0.5) is 0 Å². The Labute approximate surface area is 119 Å². The van der Waals surface area contributed by atoms with E-state index < -0.39 is 5.60 Å². The summed E-state index contributed by atoms with van der Waals surface area (Å²) in [5.74, 6) is 0.319. The second-order valence-electron chi connectivity index (χ2n) is 5.89. The van der Waals surface area contributed by atoms with Crippen molar-refractivity contribution in [3.05, 3.63) is 48.0 Å². The van der Waals surface area contributed by atoms with Crippen LogP contribution < -0.4 is 0 Å². The van der Waals surface area contributed by atoms with Gasteiger partial charge >= 0.3 is 0 Å². The van der Waals surface area contributed by atoms with Crippen LogP contribution in [0.1, 0.15) is 31.2 Å².